The average Bonchev–Trinajstić information content (AvgIpc) is 2.46. The highest BCUT2D eigenvalue weighted by molar-refractivity contribution is 7.89. The van der Waals surface area contributed by atoms with Crippen LogP contribution in [-0.4, -0.2) is 44.3 Å². The number of nitrogens with zero attached hydrogens (tertiary/aromatic N) is 1. The number of rotatable bonds is 5. The maximum absolute atomic E-state index is 11.9. The van der Waals surface area contributed by atoms with Crippen LogP contribution in [0.15, 0.2) is 29.2 Å². The summed E-state index contributed by atoms with van der Waals surface area (Å²) in [6, 6.07) is 5.86. The average molecular weight is 343 g/mol. The highest BCUT2D eigenvalue weighted by atomic mass is 32.2. The highest BCUT2D eigenvalue weighted by Crippen LogP contribution is 2.16. The number of amides is 1. The van der Waals surface area contributed by atoms with Crippen molar-refractivity contribution in [2.45, 2.75) is 31.1 Å². The summed E-state index contributed by atoms with van der Waals surface area (Å²) in [5.74, 6) is 0.712. The summed E-state index contributed by atoms with van der Waals surface area (Å²) in [6.45, 7) is 5.12. The van der Waals surface area contributed by atoms with E-state index in [1.54, 1.807) is 12.1 Å². The van der Waals surface area contributed by atoms with Gasteiger partial charge >= 0.3 is 0 Å². The lowest BCUT2D eigenvalue weighted by Crippen LogP contribution is -2.35. The van der Waals surface area contributed by atoms with Crippen LogP contribution in [0.3, 0.4) is 0 Å². The summed E-state index contributed by atoms with van der Waals surface area (Å²) in [4.78, 5) is 14.3. The second-order valence-electron chi connectivity index (χ2n) is 5.89. The Bertz CT molecular complexity index is 608. The predicted molar refractivity (Wildman–Crippen MR) is 89.5 cm³/mol. The molecule has 7 nitrogen and oxygen atoms in total. The maximum atomic E-state index is 11.9. The van der Waals surface area contributed by atoms with Crippen LogP contribution < -0.4 is 10.5 Å². The van der Waals surface area contributed by atoms with Crippen LogP contribution in [0, 0.1) is 5.92 Å². The molecular weight excluding hydrogens is 318 g/mol. The van der Waals surface area contributed by atoms with Crippen LogP contribution in [0.5, 0.6) is 0 Å². The third-order valence-electron chi connectivity index (χ3n) is 4.00. The van der Waals surface area contributed by atoms with E-state index >= 15 is 0 Å². The van der Waals surface area contributed by atoms with Crippen molar-refractivity contribution in [1.82, 2.24) is 4.90 Å². The standard InChI is InChI=1S/C15H23N3O3S.H2O/c1-12-6-9-18(10-7-12)11-8-15(19)17-13-2-4-14(5-3-13)22(16,20)21;/h2-5,12H,6-11H2,1H3,(H,17,19)(H2,16,20,21);1H2. The van der Waals surface area contributed by atoms with Crippen LogP contribution in [0.4, 0.5) is 5.69 Å². The second kappa shape index (κ2) is 8.39. The zero-order chi connectivity index (χ0) is 16.2. The zero-order valence-electron chi connectivity index (χ0n) is 13.3. The third-order valence-corrected chi connectivity index (χ3v) is 4.93. The first kappa shape index (κ1) is 19.6. The second-order valence-corrected chi connectivity index (χ2v) is 7.45. The molecule has 0 atom stereocenters. The molecule has 1 fully saturated rings. The molecule has 5 N–H and O–H groups in total. The third kappa shape index (κ3) is 6.26. The molecular formula is C15H25N3O4S. The summed E-state index contributed by atoms with van der Waals surface area (Å²) in [5.41, 5.74) is 0.574. The lowest BCUT2D eigenvalue weighted by molar-refractivity contribution is -0.116. The molecule has 130 valence electrons. The Kier molecular flexibility index (Phi) is 7.14. The van der Waals surface area contributed by atoms with Crippen molar-refractivity contribution in [1.29, 1.82) is 0 Å². The van der Waals surface area contributed by atoms with E-state index in [4.69, 9.17) is 5.14 Å². The van der Waals surface area contributed by atoms with Gasteiger partial charge < -0.3 is 15.7 Å². The number of piperidine rings is 1. The summed E-state index contributed by atoms with van der Waals surface area (Å²) in [6.07, 6.45) is 2.82. The molecule has 1 aromatic rings. The van der Waals surface area contributed by atoms with Gasteiger partial charge in [-0.05, 0) is 56.1 Å². The minimum Gasteiger partial charge on any atom is -0.412 e. The molecule has 0 saturated carbocycles. The van der Waals surface area contributed by atoms with Crippen molar-refractivity contribution in [3.63, 3.8) is 0 Å². The van der Waals surface area contributed by atoms with Gasteiger partial charge in [0.2, 0.25) is 15.9 Å². The van der Waals surface area contributed by atoms with Crippen LogP contribution in [0.2, 0.25) is 0 Å². The van der Waals surface area contributed by atoms with Crippen LogP contribution in [0.1, 0.15) is 26.2 Å². The molecule has 0 aromatic heterocycles. The SMILES string of the molecule is CC1CCN(CCC(=O)Nc2ccc(S(N)(=O)=O)cc2)CC1.O. The molecule has 1 saturated heterocycles. The van der Waals surface area contributed by atoms with E-state index in [0.717, 1.165) is 25.6 Å². The fourth-order valence-electron chi connectivity index (χ4n) is 2.50. The monoisotopic (exact) mass is 343 g/mol. The first-order valence-electron chi connectivity index (χ1n) is 7.49. The molecule has 1 amide bonds. The topological polar surface area (TPSA) is 124 Å². The Hall–Kier alpha value is -1.48. The normalized spacial score (nSPS) is 16.6. The van der Waals surface area contributed by atoms with Crippen LogP contribution >= 0.6 is 0 Å². The largest absolute Gasteiger partial charge is 0.412 e. The molecule has 0 bridgehead atoms. The van der Waals surface area contributed by atoms with Crippen molar-refractivity contribution < 1.29 is 18.7 Å². The van der Waals surface area contributed by atoms with E-state index in [1.165, 1.54) is 25.0 Å². The summed E-state index contributed by atoms with van der Waals surface area (Å²) in [7, 11) is -3.70. The van der Waals surface area contributed by atoms with Crippen molar-refractivity contribution in [2.75, 3.05) is 25.0 Å². The molecule has 0 unspecified atom stereocenters. The molecule has 23 heavy (non-hydrogen) atoms. The van der Waals surface area contributed by atoms with Crippen LogP contribution in [0.25, 0.3) is 0 Å². The number of anilines is 1. The lowest BCUT2D eigenvalue weighted by atomic mass is 9.99. The lowest BCUT2D eigenvalue weighted by Gasteiger charge is -2.29. The summed E-state index contributed by atoms with van der Waals surface area (Å²) in [5, 5.41) is 7.80. The number of hydrogen-bond donors (Lipinski definition) is 2. The van der Waals surface area contributed by atoms with Gasteiger partial charge in [-0.2, -0.15) is 0 Å². The van der Waals surface area contributed by atoms with Gasteiger partial charge in [-0.15, -0.1) is 0 Å². The number of benzene rings is 1. The van der Waals surface area contributed by atoms with Gasteiger partial charge in [0.1, 0.15) is 0 Å². The highest BCUT2D eigenvalue weighted by Gasteiger charge is 2.16. The minimum atomic E-state index is -3.70. The minimum absolute atomic E-state index is 0. The number of primary sulfonamides is 1. The van der Waals surface area contributed by atoms with E-state index in [9.17, 15) is 13.2 Å². The van der Waals surface area contributed by atoms with E-state index in [0.29, 0.717) is 12.1 Å². The Labute approximate surface area is 137 Å². The van der Waals surface area contributed by atoms with E-state index < -0.39 is 10.0 Å². The van der Waals surface area contributed by atoms with Gasteiger partial charge in [-0.25, -0.2) is 13.6 Å². The molecule has 8 heteroatoms. The predicted octanol–water partition coefficient (Wildman–Crippen LogP) is 0.570. The van der Waals surface area contributed by atoms with E-state index in [2.05, 4.69) is 17.1 Å². The number of carbonyl (C=O) groups excluding carboxylic acids is 1. The Balaban J connectivity index is 0.00000264. The quantitative estimate of drug-likeness (QED) is 0.811. The Morgan fingerprint density at radius 2 is 1.83 bits per heavy atom. The molecule has 0 aliphatic carbocycles. The number of carbonyl (C=O) groups is 1. The number of hydrogen-bond acceptors (Lipinski definition) is 4. The van der Waals surface area contributed by atoms with Gasteiger partial charge in [-0.1, -0.05) is 6.92 Å². The Morgan fingerprint density at radius 3 is 2.35 bits per heavy atom. The molecule has 1 aliphatic heterocycles. The molecule has 2 rings (SSSR count). The molecule has 1 heterocycles. The molecule has 0 radical (unpaired) electrons. The molecule has 0 spiro atoms. The number of sulfonamides is 1. The van der Waals surface area contributed by atoms with Gasteiger partial charge in [0.15, 0.2) is 0 Å². The van der Waals surface area contributed by atoms with Crippen molar-refractivity contribution in [2.24, 2.45) is 11.1 Å². The number of nitrogens with one attached hydrogen (secondary N) is 1. The smallest absolute Gasteiger partial charge is 0.238 e. The van der Waals surface area contributed by atoms with Gasteiger partial charge in [-0.3, -0.25) is 4.79 Å². The summed E-state index contributed by atoms with van der Waals surface area (Å²) < 4.78 is 22.3. The Morgan fingerprint density at radius 1 is 1.26 bits per heavy atom. The van der Waals surface area contributed by atoms with Gasteiger partial charge in [0.05, 0.1) is 4.90 Å². The fraction of sp³-hybridized carbons (Fsp3) is 0.533. The van der Waals surface area contributed by atoms with Gasteiger partial charge in [0.25, 0.3) is 0 Å². The van der Waals surface area contributed by atoms with E-state index in [-0.39, 0.29) is 16.3 Å². The fourth-order valence-corrected chi connectivity index (χ4v) is 3.01. The van der Waals surface area contributed by atoms with Gasteiger partial charge in [0, 0.05) is 18.7 Å². The maximum Gasteiger partial charge on any atom is 0.238 e. The first-order valence-corrected chi connectivity index (χ1v) is 9.04. The van der Waals surface area contributed by atoms with Crippen molar-refractivity contribution >= 4 is 21.6 Å². The van der Waals surface area contributed by atoms with Crippen molar-refractivity contribution in [3.8, 4) is 0 Å². The number of likely N-dealkylation sites (tertiary alicyclic amines) is 1. The zero-order valence-corrected chi connectivity index (χ0v) is 14.1. The first-order chi connectivity index (χ1) is 10.3. The van der Waals surface area contributed by atoms with Crippen molar-refractivity contribution in [3.05, 3.63) is 24.3 Å². The number of nitrogens with two attached hydrogens (primary N) is 1. The molecule has 1 aromatic carbocycles. The van der Waals surface area contributed by atoms with E-state index in [1.807, 2.05) is 0 Å². The summed E-state index contributed by atoms with van der Waals surface area (Å²) >= 11 is 0. The molecule has 1 aliphatic rings. The van der Waals surface area contributed by atoms with Crippen LogP contribution in [-0.2, 0) is 14.8 Å².